The van der Waals surface area contributed by atoms with Gasteiger partial charge in [-0.15, -0.1) is 12.4 Å². The molecule has 0 radical (unpaired) electrons. The van der Waals surface area contributed by atoms with Crippen LogP contribution in [0.15, 0.2) is 42.5 Å². The Morgan fingerprint density at radius 1 is 1.08 bits per heavy atom. The SMILES string of the molecule is Cl.NCC1CCCCN1C(=O)c1ccc(Oc2ccc(F)c(F)c2)cc1. The summed E-state index contributed by atoms with van der Waals surface area (Å²) in [6.45, 7) is 1.18. The molecule has 2 N–H and O–H groups in total. The Balaban J connectivity index is 0.00000243. The molecule has 26 heavy (non-hydrogen) atoms. The topological polar surface area (TPSA) is 55.6 Å². The van der Waals surface area contributed by atoms with Crippen molar-refractivity contribution < 1.29 is 18.3 Å². The van der Waals surface area contributed by atoms with E-state index in [0.717, 1.165) is 31.4 Å². The summed E-state index contributed by atoms with van der Waals surface area (Å²) in [5.41, 5.74) is 6.32. The molecule has 1 heterocycles. The van der Waals surface area contributed by atoms with Crippen LogP contribution in [0.1, 0.15) is 29.6 Å². The molecule has 0 spiro atoms. The number of piperidine rings is 1. The van der Waals surface area contributed by atoms with Crippen molar-refractivity contribution in [3.63, 3.8) is 0 Å². The van der Waals surface area contributed by atoms with Gasteiger partial charge in [0.05, 0.1) is 0 Å². The second-order valence-corrected chi connectivity index (χ2v) is 6.09. The first-order valence-electron chi connectivity index (χ1n) is 8.32. The summed E-state index contributed by atoms with van der Waals surface area (Å²) in [6.07, 6.45) is 3.01. The molecule has 3 rings (SSSR count). The number of hydrogen-bond donors (Lipinski definition) is 1. The van der Waals surface area contributed by atoms with Crippen LogP contribution in [0, 0.1) is 11.6 Å². The van der Waals surface area contributed by atoms with Gasteiger partial charge in [0.2, 0.25) is 0 Å². The molecular weight excluding hydrogens is 362 g/mol. The zero-order valence-corrected chi connectivity index (χ0v) is 15.0. The first-order valence-corrected chi connectivity index (χ1v) is 8.32. The van der Waals surface area contributed by atoms with Crippen LogP contribution in [-0.2, 0) is 0 Å². The predicted molar refractivity (Wildman–Crippen MR) is 97.9 cm³/mol. The molecule has 1 aliphatic rings. The highest BCUT2D eigenvalue weighted by Crippen LogP contribution is 2.25. The predicted octanol–water partition coefficient (Wildman–Crippen LogP) is 4.13. The molecule has 2 aromatic rings. The number of halogens is 3. The molecule has 1 saturated heterocycles. The zero-order chi connectivity index (χ0) is 17.8. The van der Waals surface area contributed by atoms with Crippen molar-refractivity contribution in [2.45, 2.75) is 25.3 Å². The van der Waals surface area contributed by atoms with Gasteiger partial charge in [-0.3, -0.25) is 4.79 Å². The normalized spacial score (nSPS) is 16.7. The van der Waals surface area contributed by atoms with Crippen molar-refractivity contribution in [3.8, 4) is 11.5 Å². The number of likely N-dealkylation sites (tertiary alicyclic amines) is 1. The average Bonchev–Trinajstić information content (AvgIpc) is 2.65. The average molecular weight is 383 g/mol. The van der Waals surface area contributed by atoms with Crippen LogP contribution < -0.4 is 10.5 Å². The number of carbonyl (C=O) groups is 1. The summed E-state index contributed by atoms with van der Waals surface area (Å²) >= 11 is 0. The summed E-state index contributed by atoms with van der Waals surface area (Å²) in [6, 6.07) is 10.0. The number of hydrogen-bond acceptors (Lipinski definition) is 3. The van der Waals surface area contributed by atoms with Crippen molar-refractivity contribution in [2.75, 3.05) is 13.1 Å². The Hall–Kier alpha value is -2.18. The van der Waals surface area contributed by atoms with Crippen molar-refractivity contribution in [1.82, 2.24) is 4.90 Å². The maximum Gasteiger partial charge on any atom is 0.254 e. The number of nitrogens with two attached hydrogens (primary N) is 1. The van der Waals surface area contributed by atoms with E-state index in [1.807, 2.05) is 4.90 Å². The monoisotopic (exact) mass is 382 g/mol. The third-order valence-corrected chi connectivity index (χ3v) is 4.39. The van der Waals surface area contributed by atoms with Crippen LogP contribution in [0.3, 0.4) is 0 Å². The van der Waals surface area contributed by atoms with Crippen LogP contribution in [0.5, 0.6) is 11.5 Å². The summed E-state index contributed by atoms with van der Waals surface area (Å²) in [5.74, 6) is -1.31. The molecule has 0 aromatic heterocycles. The van der Waals surface area contributed by atoms with E-state index in [-0.39, 0.29) is 30.1 Å². The molecule has 1 atom stereocenters. The summed E-state index contributed by atoms with van der Waals surface area (Å²) in [5, 5.41) is 0. The van der Waals surface area contributed by atoms with Gasteiger partial charge in [0.25, 0.3) is 5.91 Å². The third kappa shape index (κ3) is 4.51. The van der Waals surface area contributed by atoms with Gasteiger partial charge in [-0.2, -0.15) is 0 Å². The molecule has 2 aromatic carbocycles. The van der Waals surface area contributed by atoms with E-state index in [2.05, 4.69) is 0 Å². The smallest absolute Gasteiger partial charge is 0.254 e. The summed E-state index contributed by atoms with van der Waals surface area (Å²) in [7, 11) is 0. The summed E-state index contributed by atoms with van der Waals surface area (Å²) < 4.78 is 31.6. The molecule has 0 bridgehead atoms. The Labute approximate surface area is 157 Å². The highest BCUT2D eigenvalue weighted by Gasteiger charge is 2.26. The molecular formula is C19H21ClF2N2O2. The highest BCUT2D eigenvalue weighted by atomic mass is 35.5. The highest BCUT2D eigenvalue weighted by molar-refractivity contribution is 5.94. The van der Waals surface area contributed by atoms with E-state index >= 15 is 0 Å². The van der Waals surface area contributed by atoms with E-state index in [4.69, 9.17) is 10.5 Å². The maximum absolute atomic E-state index is 13.2. The van der Waals surface area contributed by atoms with Gasteiger partial charge in [0.15, 0.2) is 11.6 Å². The van der Waals surface area contributed by atoms with E-state index < -0.39 is 11.6 Å². The van der Waals surface area contributed by atoms with Crippen LogP contribution in [0.2, 0.25) is 0 Å². The Bertz CT molecular complexity index is 756. The lowest BCUT2D eigenvalue weighted by molar-refractivity contribution is 0.0623. The second-order valence-electron chi connectivity index (χ2n) is 6.09. The molecule has 0 saturated carbocycles. The van der Waals surface area contributed by atoms with Gasteiger partial charge >= 0.3 is 0 Å². The van der Waals surface area contributed by atoms with Crippen LogP contribution in [-0.4, -0.2) is 29.9 Å². The van der Waals surface area contributed by atoms with E-state index in [0.29, 0.717) is 24.4 Å². The van der Waals surface area contributed by atoms with Gasteiger partial charge in [0.1, 0.15) is 11.5 Å². The van der Waals surface area contributed by atoms with Crippen molar-refractivity contribution >= 4 is 18.3 Å². The second kappa shape index (κ2) is 8.96. The van der Waals surface area contributed by atoms with Gasteiger partial charge < -0.3 is 15.4 Å². The van der Waals surface area contributed by atoms with Gasteiger partial charge in [-0.05, 0) is 55.7 Å². The van der Waals surface area contributed by atoms with E-state index in [1.54, 1.807) is 24.3 Å². The largest absolute Gasteiger partial charge is 0.457 e. The fourth-order valence-corrected chi connectivity index (χ4v) is 3.02. The minimum absolute atomic E-state index is 0. The number of ether oxygens (including phenoxy) is 1. The molecule has 1 amide bonds. The molecule has 1 aliphatic heterocycles. The number of benzene rings is 2. The Kier molecular flexibility index (Phi) is 6.94. The van der Waals surface area contributed by atoms with Crippen molar-refractivity contribution in [3.05, 3.63) is 59.7 Å². The molecule has 4 nitrogen and oxygen atoms in total. The Morgan fingerprint density at radius 3 is 2.42 bits per heavy atom. The van der Waals surface area contributed by atoms with Crippen molar-refractivity contribution in [2.24, 2.45) is 5.73 Å². The standard InChI is InChI=1S/C19H20F2N2O2.ClH/c20-17-9-8-16(11-18(17)21)25-15-6-4-13(5-7-15)19(24)23-10-2-1-3-14(23)12-22;/h4-9,11,14H,1-3,10,12,22H2;1H. The molecule has 140 valence electrons. The number of nitrogens with zero attached hydrogens (tertiary/aromatic N) is 1. The Morgan fingerprint density at radius 2 is 1.77 bits per heavy atom. The fourth-order valence-electron chi connectivity index (χ4n) is 3.02. The maximum atomic E-state index is 13.2. The third-order valence-electron chi connectivity index (χ3n) is 4.39. The fraction of sp³-hybridized carbons (Fsp3) is 0.316. The summed E-state index contributed by atoms with van der Waals surface area (Å²) in [4.78, 5) is 14.5. The van der Waals surface area contributed by atoms with Gasteiger partial charge in [-0.1, -0.05) is 0 Å². The van der Waals surface area contributed by atoms with E-state index in [9.17, 15) is 13.6 Å². The molecule has 0 aliphatic carbocycles. The first-order chi connectivity index (χ1) is 12.1. The number of rotatable bonds is 4. The lowest BCUT2D eigenvalue weighted by atomic mass is 10.0. The van der Waals surface area contributed by atoms with Gasteiger partial charge in [0, 0.05) is 30.8 Å². The molecule has 1 unspecified atom stereocenters. The number of carbonyl (C=O) groups excluding carboxylic acids is 1. The lowest BCUT2D eigenvalue weighted by Crippen LogP contribution is -2.47. The molecule has 1 fully saturated rings. The minimum Gasteiger partial charge on any atom is -0.457 e. The van der Waals surface area contributed by atoms with E-state index in [1.165, 1.54) is 6.07 Å². The zero-order valence-electron chi connectivity index (χ0n) is 14.2. The van der Waals surface area contributed by atoms with Crippen LogP contribution in [0.4, 0.5) is 8.78 Å². The van der Waals surface area contributed by atoms with Crippen molar-refractivity contribution in [1.29, 1.82) is 0 Å². The quantitative estimate of drug-likeness (QED) is 0.864. The van der Waals surface area contributed by atoms with Gasteiger partial charge in [-0.25, -0.2) is 8.78 Å². The lowest BCUT2D eigenvalue weighted by Gasteiger charge is -2.35. The first kappa shape index (κ1) is 20.1. The molecule has 7 heteroatoms. The number of amides is 1. The van der Waals surface area contributed by atoms with Crippen LogP contribution >= 0.6 is 12.4 Å². The van der Waals surface area contributed by atoms with Crippen LogP contribution in [0.25, 0.3) is 0 Å². The minimum atomic E-state index is -0.970.